The molecule has 2 heterocycles. The number of amides is 2. The Morgan fingerprint density at radius 3 is 2.31 bits per heavy atom. The maximum atomic E-state index is 13.2. The number of imide groups is 1. The number of quaternary nitrogens is 1. The van der Waals surface area contributed by atoms with Crippen molar-refractivity contribution in [2.45, 2.75) is 40.5 Å². The van der Waals surface area contributed by atoms with E-state index in [1.807, 2.05) is 31.2 Å². The lowest BCUT2D eigenvalue weighted by atomic mass is 9.62. The molecule has 2 amide bonds. The average molecular weight is 399 g/mol. The molecule has 0 unspecified atom stereocenters. The number of Topliss-reactive ketones (excluding diaryl/α,β-unsaturated/α-hetero) is 1. The maximum Gasteiger partial charge on any atom is 0.240 e. The van der Waals surface area contributed by atoms with E-state index in [0.29, 0.717) is 6.67 Å². The van der Waals surface area contributed by atoms with Gasteiger partial charge in [0.2, 0.25) is 11.8 Å². The lowest BCUT2D eigenvalue weighted by Crippen LogP contribution is -3.16. The molecule has 156 valence electrons. The Kier molecular flexibility index (Phi) is 4.80. The van der Waals surface area contributed by atoms with Crippen molar-refractivity contribution in [3.63, 3.8) is 0 Å². The molecule has 2 aliphatic heterocycles. The first kappa shape index (κ1) is 20.1. The predicted molar refractivity (Wildman–Crippen MR) is 111 cm³/mol. The Balaban J connectivity index is 1.39. The second-order valence-electron chi connectivity index (χ2n) is 9.71. The molecule has 2 bridgehead atoms. The minimum absolute atomic E-state index is 0.0241. The third-order valence-corrected chi connectivity index (χ3v) is 8.00. The topological polar surface area (TPSA) is 62.1 Å². The Morgan fingerprint density at radius 2 is 1.72 bits per heavy atom. The van der Waals surface area contributed by atoms with Crippen LogP contribution in [0.1, 0.15) is 50.9 Å². The van der Waals surface area contributed by atoms with Crippen molar-refractivity contribution in [1.82, 2.24) is 4.90 Å². The van der Waals surface area contributed by atoms with E-state index in [1.165, 1.54) is 4.90 Å². The van der Waals surface area contributed by atoms with Crippen LogP contribution in [0.15, 0.2) is 24.3 Å². The molecule has 1 aromatic rings. The van der Waals surface area contributed by atoms with Crippen molar-refractivity contribution in [3.05, 3.63) is 29.8 Å². The van der Waals surface area contributed by atoms with Gasteiger partial charge in [-0.3, -0.25) is 14.4 Å². The summed E-state index contributed by atoms with van der Waals surface area (Å²) in [6, 6.07) is 7.75. The number of benzene rings is 1. The Labute approximate surface area is 172 Å². The number of carbonyl (C=O) groups excluding carboxylic acids is 3. The Bertz CT molecular complexity index is 839. The second kappa shape index (κ2) is 6.94. The quantitative estimate of drug-likeness (QED) is 0.615. The van der Waals surface area contributed by atoms with Crippen molar-refractivity contribution < 1.29 is 19.3 Å². The van der Waals surface area contributed by atoms with E-state index in [9.17, 15) is 14.4 Å². The Hall–Kier alpha value is -2.21. The van der Waals surface area contributed by atoms with Crippen LogP contribution in [0, 0.1) is 16.7 Å². The van der Waals surface area contributed by atoms with E-state index < -0.39 is 5.41 Å². The molecule has 0 spiro atoms. The largest absolute Gasteiger partial charge is 0.360 e. The maximum absolute atomic E-state index is 13.2. The van der Waals surface area contributed by atoms with Crippen LogP contribution < -0.4 is 9.80 Å². The molecule has 29 heavy (non-hydrogen) atoms. The summed E-state index contributed by atoms with van der Waals surface area (Å²) in [6.07, 6.45) is 1.63. The number of nitrogens with zero attached hydrogens (tertiary/aromatic N) is 2. The van der Waals surface area contributed by atoms with Gasteiger partial charge in [0.05, 0.1) is 31.6 Å². The molecule has 1 aliphatic carbocycles. The van der Waals surface area contributed by atoms with Crippen molar-refractivity contribution in [1.29, 1.82) is 0 Å². The number of nitrogens with one attached hydrogen (secondary N) is 1. The summed E-state index contributed by atoms with van der Waals surface area (Å²) in [4.78, 5) is 42.9. The van der Waals surface area contributed by atoms with Gasteiger partial charge in [-0.25, -0.2) is 4.90 Å². The van der Waals surface area contributed by atoms with Gasteiger partial charge in [0.15, 0.2) is 12.5 Å². The summed E-state index contributed by atoms with van der Waals surface area (Å²) in [7, 11) is 0. The highest BCUT2D eigenvalue weighted by Crippen LogP contribution is 2.59. The molecule has 3 aliphatic rings. The first-order chi connectivity index (χ1) is 13.6. The predicted octanol–water partition coefficient (Wildman–Crippen LogP) is 1.36. The van der Waals surface area contributed by atoms with Crippen molar-refractivity contribution >= 4 is 23.3 Å². The normalized spacial score (nSPS) is 29.4. The molecule has 1 N–H and O–H groups in total. The van der Waals surface area contributed by atoms with Gasteiger partial charge in [0.1, 0.15) is 0 Å². The monoisotopic (exact) mass is 398 g/mol. The van der Waals surface area contributed by atoms with E-state index in [-0.39, 0.29) is 28.9 Å². The molecule has 4 rings (SSSR count). The van der Waals surface area contributed by atoms with Gasteiger partial charge in [0, 0.05) is 17.2 Å². The third-order valence-electron chi connectivity index (χ3n) is 8.00. The minimum Gasteiger partial charge on any atom is -0.360 e. The average Bonchev–Trinajstić information content (AvgIpc) is 2.89. The number of hydrogen-bond acceptors (Lipinski definition) is 4. The molecule has 6 heteroatoms. The first-order valence-electron chi connectivity index (χ1n) is 10.7. The van der Waals surface area contributed by atoms with E-state index in [0.717, 1.165) is 50.3 Å². The fraction of sp³-hybridized carbons (Fsp3) is 0.609. The van der Waals surface area contributed by atoms with Crippen LogP contribution in [-0.4, -0.2) is 55.3 Å². The number of hydrogen-bond donors (Lipinski definition) is 1. The zero-order valence-electron chi connectivity index (χ0n) is 18.0. The van der Waals surface area contributed by atoms with E-state index in [2.05, 4.69) is 18.7 Å². The second-order valence-corrected chi connectivity index (χ2v) is 9.71. The summed E-state index contributed by atoms with van der Waals surface area (Å²) in [6.45, 7) is 11.8. The van der Waals surface area contributed by atoms with Crippen molar-refractivity contribution in [2.24, 2.45) is 16.7 Å². The smallest absolute Gasteiger partial charge is 0.240 e. The zero-order chi connectivity index (χ0) is 21.0. The number of fused-ring (bicyclic) bond motifs is 2. The van der Waals surface area contributed by atoms with E-state index in [4.69, 9.17) is 0 Å². The molecular weight excluding hydrogens is 366 g/mol. The molecule has 6 nitrogen and oxygen atoms in total. The molecular formula is C23H32N3O3+. The van der Waals surface area contributed by atoms with Crippen LogP contribution in [0.5, 0.6) is 0 Å². The van der Waals surface area contributed by atoms with Crippen LogP contribution >= 0.6 is 0 Å². The van der Waals surface area contributed by atoms with Gasteiger partial charge in [-0.05, 0) is 49.4 Å². The highest BCUT2D eigenvalue weighted by atomic mass is 16.2. The molecule has 1 saturated carbocycles. The number of anilines is 1. The molecule has 1 aromatic carbocycles. The number of piperidine rings is 1. The molecule has 0 aromatic heterocycles. The van der Waals surface area contributed by atoms with Gasteiger partial charge in [-0.15, -0.1) is 0 Å². The summed E-state index contributed by atoms with van der Waals surface area (Å²) in [5.74, 6) is 0.0962. The molecule has 0 radical (unpaired) electrons. The van der Waals surface area contributed by atoms with Crippen LogP contribution in [0.25, 0.3) is 0 Å². The zero-order valence-corrected chi connectivity index (χ0v) is 18.0. The van der Waals surface area contributed by atoms with Crippen molar-refractivity contribution in [2.75, 3.05) is 37.7 Å². The van der Waals surface area contributed by atoms with E-state index >= 15 is 0 Å². The first-order valence-corrected chi connectivity index (χ1v) is 10.7. The van der Waals surface area contributed by atoms with Crippen LogP contribution in [-0.2, 0) is 9.59 Å². The Morgan fingerprint density at radius 1 is 1.10 bits per heavy atom. The summed E-state index contributed by atoms with van der Waals surface area (Å²) >= 11 is 0. The van der Waals surface area contributed by atoms with Gasteiger partial charge in [-0.2, -0.15) is 0 Å². The van der Waals surface area contributed by atoms with Gasteiger partial charge in [0.25, 0.3) is 0 Å². The molecule has 2 saturated heterocycles. The highest BCUT2D eigenvalue weighted by Gasteiger charge is 2.64. The lowest BCUT2D eigenvalue weighted by Gasteiger charge is -2.48. The van der Waals surface area contributed by atoms with Crippen LogP contribution in [0.4, 0.5) is 5.69 Å². The summed E-state index contributed by atoms with van der Waals surface area (Å²) < 4.78 is 0. The number of carbonyl (C=O) groups is 3. The lowest BCUT2D eigenvalue weighted by molar-refractivity contribution is -0.908. The molecule has 3 fully saturated rings. The summed E-state index contributed by atoms with van der Waals surface area (Å²) in [5, 5.41) is 0. The summed E-state index contributed by atoms with van der Waals surface area (Å²) in [5.41, 5.74) is 1.17. The number of piperazine rings is 1. The van der Waals surface area contributed by atoms with Crippen molar-refractivity contribution in [3.8, 4) is 0 Å². The van der Waals surface area contributed by atoms with Gasteiger partial charge in [-0.1, -0.05) is 20.8 Å². The van der Waals surface area contributed by atoms with Crippen LogP contribution in [0.3, 0.4) is 0 Å². The number of likely N-dealkylation sites (tertiary alicyclic amines) is 1. The number of rotatable bonds is 4. The minimum atomic E-state index is -0.425. The SMILES string of the molecule is CC(=O)c1ccc(N2CC[NH+](CN3C(=O)[C@@H]4CC[C@](C)(C3=O)C4(C)C)CC2)cc1. The highest BCUT2D eigenvalue weighted by molar-refractivity contribution is 6.03. The van der Waals surface area contributed by atoms with E-state index in [1.54, 1.807) is 11.8 Å². The van der Waals surface area contributed by atoms with Gasteiger partial charge < -0.3 is 9.80 Å². The fourth-order valence-corrected chi connectivity index (χ4v) is 5.42. The van der Waals surface area contributed by atoms with Crippen LogP contribution in [0.2, 0.25) is 0 Å². The standard InChI is InChI=1S/C23H31N3O3/c1-16(27)17-5-7-18(8-6-17)25-13-11-24(12-14-25)15-26-20(28)19-9-10-23(4,21(26)29)22(19,2)3/h5-8,19H,9-15H2,1-4H3/p+1/t19-,23+/m0/s1. The number of ketones is 1. The third kappa shape index (κ3) is 3.08. The fourth-order valence-electron chi connectivity index (χ4n) is 5.42. The molecule has 2 atom stereocenters. The van der Waals surface area contributed by atoms with Gasteiger partial charge >= 0.3 is 0 Å².